The van der Waals surface area contributed by atoms with Gasteiger partial charge in [-0.1, -0.05) is 26.7 Å². The molecule has 1 aliphatic rings. The van der Waals surface area contributed by atoms with Gasteiger partial charge in [-0.05, 0) is 52.2 Å². The van der Waals surface area contributed by atoms with Crippen LogP contribution in [0.2, 0.25) is 0 Å². The number of hydrogen-bond donors (Lipinski definition) is 1. The summed E-state index contributed by atoms with van der Waals surface area (Å²) in [5.41, 5.74) is 0. The maximum Gasteiger partial charge on any atom is 0.0107 e. The maximum atomic E-state index is 3.69. The summed E-state index contributed by atoms with van der Waals surface area (Å²) in [6.45, 7) is 7.00. The van der Waals surface area contributed by atoms with Gasteiger partial charge in [0, 0.05) is 12.1 Å². The Labute approximate surface area is 102 Å². The highest BCUT2D eigenvalue weighted by Crippen LogP contribution is 2.22. The summed E-state index contributed by atoms with van der Waals surface area (Å²) < 4.78 is 0. The van der Waals surface area contributed by atoms with Gasteiger partial charge in [0.05, 0.1) is 0 Å². The SMILES string of the molecule is CCCCN(C)C1CCCC(NCCC)C1. The van der Waals surface area contributed by atoms with Crippen LogP contribution in [-0.4, -0.2) is 37.1 Å². The number of nitrogens with zero attached hydrogens (tertiary/aromatic N) is 1. The van der Waals surface area contributed by atoms with Gasteiger partial charge in [-0.25, -0.2) is 0 Å². The first-order chi connectivity index (χ1) is 7.77. The summed E-state index contributed by atoms with van der Waals surface area (Å²) in [4.78, 5) is 2.59. The third-order valence-corrected chi connectivity index (χ3v) is 3.82. The van der Waals surface area contributed by atoms with E-state index in [-0.39, 0.29) is 0 Å². The molecule has 1 saturated carbocycles. The Hall–Kier alpha value is -0.0800. The van der Waals surface area contributed by atoms with E-state index < -0.39 is 0 Å². The van der Waals surface area contributed by atoms with Crippen LogP contribution in [0.25, 0.3) is 0 Å². The van der Waals surface area contributed by atoms with E-state index in [4.69, 9.17) is 0 Å². The molecule has 0 aromatic rings. The topological polar surface area (TPSA) is 15.3 Å². The molecule has 1 N–H and O–H groups in total. The van der Waals surface area contributed by atoms with Crippen LogP contribution in [0.5, 0.6) is 0 Å². The van der Waals surface area contributed by atoms with Crippen molar-refractivity contribution in [2.75, 3.05) is 20.1 Å². The molecule has 0 aromatic carbocycles. The molecule has 0 bridgehead atoms. The van der Waals surface area contributed by atoms with Crippen LogP contribution >= 0.6 is 0 Å². The van der Waals surface area contributed by atoms with Crippen molar-refractivity contribution >= 4 is 0 Å². The van der Waals surface area contributed by atoms with Crippen molar-refractivity contribution in [3.63, 3.8) is 0 Å². The van der Waals surface area contributed by atoms with Gasteiger partial charge >= 0.3 is 0 Å². The van der Waals surface area contributed by atoms with Crippen LogP contribution in [0.1, 0.15) is 58.8 Å². The summed E-state index contributed by atoms with van der Waals surface area (Å²) in [6, 6.07) is 1.61. The van der Waals surface area contributed by atoms with Crippen molar-refractivity contribution in [1.82, 2.24) is 10.2 Å². The van der Waals surface area contributed by atoms with Gasteiger partial charge in [0.2, 0.25) is 0 Å². The molecule has 0 amide bonds. The van der Waals surface area contributed by atoms with E-state index in [0.29, 0.717) is 0 Å². The Morgan fingerprint density at radius 3 is 2.69 bits per heavy atom. The van der Waals surface area contributed by atoms with Gasteiger partial charge in [-0.3, -0.25) is 0 Å². The lowest BCUT2D eigenvalue weighted by atomic mass is 9.90. The molecule has 1 rings (SSSR count). The molecule has 0 aliphatic heterocycles. The fraction of sp³-hybridized carbons (Fsp3) is 1.00. The van der Waals surface area contributed by atoms with Crippen molar-refractivity contribution in [1.29, 1.82) is 0 Å². The molecule has 0 aromatic heterocycles. The highest BCUT2D eigenvalue weighted by atomic mass is 15.1. The summed E-state index contributed by atoms with van der Waals surface area (Å²) in [5, 5.41) is 3.69. The van der Waals surface area contributed by atoms with Gasteiger partial charge in [0.25, 0.3) is 0 Å². The Balaban J connectivity index is 2.25. The lowest BCUT2D eigenvalue weighted by Gasteiger charge is -2.35. The monoisotopic (exact) mass is 226 g/mol. The molecule has 16 heavy (non-hydrogen) atoms. The lowest BCUT2D eigenvalue weighted by molar-refractivity contribution is 0.167. The Kier molecular flexibility index (Phi) is 7.06. The third kappa shape index (κ3) is 4.84. The summed E-state index contributed by atoms with van der Waals surface area (Å²) in [5.74, 6) is 0. The summed E-state index contributed by atoms with van der Waals surface area (Å²) >= 11 is 0. The van der Waals surface area contributed by atoms with Crippen LogP contribution < -0.4 is 5.32 Å². The fourth-order valence-electron chi connectivity index (χ4n) is 2.69. The summed E-state index contributed by atoms with van der Waals surface area (Å²) in [7, 11) is 2.31. The molecule has 2 nitrogen and oxygen atoms in total. The van der Waals surface area contributed by atoms with E-state index in [2.05, 4.69) is 31.1 Å². The van der Waals surface area contributed by atoms with E-state index in [1.165, 1.54) is 58.0 Å². The Bertz CT molecular complexity index is 164. The molecule has 96 valence electrons. The summed E-state index contributed by atoms with van der Waals surface area (Å²) in [6.07, 6.45) is 9.48. The average molecular weight is 226 g/mol. The molecule has 0 radical (unpaired) electrons. The minimum atomic E-state index is 0.780. The fourth-order valence-corrected chi connectivity index (χ4v) is 2.69. The smallest absolute Gasteiger partial charge is 0.0107 e. The van der Waals surface area contributed by atoms with Gasteiger partial charge < -0.3 is 10.2 Å². The Morgan fingerprint density at radius 1 is 1.19 bits per heavy atom. The predicted molar refractivity (Wildman–Crippen MR) is 71.9 cm³/mol. The van der Waals surface area contributed by atoms with Crippen molar-refractivity contribution in [3.8, 4) is 0 Å². The lowest BCUT2D eigenvalue weighted by Crippen LogP contribution is -2.43. The molecule has 2 heteroatoms. The van der Waals surface area contributed by atoms with Crippen molar-refractivity contribution in [3.05, 3.63) is 0 Å². The average Bonchev–Trinajstić information content (AvgIpc) is 2.33. The van der Waals surface area contributed by atoms with Crippen LogP contribution in [0.4, 0.5) is 0 Å². The highest BCUT2D eigenvalue weighted by molar-refractivity contribution is 4.82. The first-order valence-electron chi connectivity index (χ1n) is 7.21. The second-order valence-electron chi connectivity index (χ2n) is 5.31. The van der Waals surface area contributed by atoms with E-state index in [9.17, 15) is 0 Å². The van der Waals surface area contributed by atoms with E-state index in [1.54, 1.807) is 0 Å². The van der Waals surface area contributed by atoms with Crippen molar-refractivity contribution in [2.24, 2.45) is 0 Å². The van der Waals surface area contributed by atoms with Crippen molar-refractivity contribution in [2.45, 2.75) is 70.9 Å². The molecule has 2 unspecified atom stereocenters. The number of nitrogens with one attached hydrogen (secondary N) is 1. The zero-order valence-corrected chi connectivity index (χ0v) is 11.5. The van der Waals surface area contributed by atoms with Crippen LogP contribution in [0.3, 0.4) is 0 Å². The molecule has 1 fully saturated rings. The van der Waals surface area contributed by atoms with Gasteiger partial charge in [0.1, 0.15) is 0 Å². The molecular weight excluding hydrogens is 196 g/mol. The number of hydrogen-bond acceptors (Lipinski definition) is 2. The minimum Gasteiger partial charge on any atom is -0.314 e. The molecule has 0 spiro atoms. The molecule has 2 atom stereocenters. The van der Waals surface area contributed by atoms with Gasteiger partial charge in [-0.2, -0.15) is 0 Å². The van der Waals surface area contributed by atoms with Gasteiger partial charge in [0.15, 0.2) is 0 Å². The standard InChI is InChI=1S/C14H30N2/c1-4-6-11-16(3)14-9-7-8-13(12-14)15-10-5-2/h13-15H,4-12H2,1-3H3. The van der Waals surface area contributed by atoms with E-state index >= 15 is 0 Å². The molecular formula is C14H30N2. The third-order valence-electron chi connectivity index (χ3n) is 3.82. The highest BCUT2D eigenvalue weighted by Gasteiger charge is 2.23. The molecule has 0 heterocycles. The minimum absolute atomic E-state index is 0.780. The zero-order chi connectivity index (χ0) is 11.8. The van der Waals surface area contributed by atoms with E-state index in [1.807, 2.05) is 0 Å². The normalized spacial score (nSPS) is 26.2. The second kappa shape index (κ2) is 8.08. The quantitative estimate of drug-likeness (QED) is 0.718. The molecule has 0 saturated heterocycles. The number of rotatable bonds is 7. The molecule has 1 aliphatic carbocycles. The predicted octanol–water partition coefficient (Wildman–Crippen LogP) is 3.03. The maximum absolute atomic E-state index is 3.69. The Morgan fingerprint density at radius 2 is 2.00 bits per heavy atom. The second-order valence-corrected chi connectivity index (χ2v) is 5.31. The van der Waals surface area contributed by atoms with E-state index in [0.717, 1.165) is 12.1 Å². The number of unbranched alkanes of at least 4 members (excludes halogenated alkanes) is 1. The first-order valence-corrected chi connectivity index (χ1v) is 7.21. The van der Waals surface area contributed by atoms with Gasteiger partial charge in [-0.15, -0.1) is 0 Å². The largest absolute Gasteiger partial charge is 0.314 e. The van der Waals surface area contributed by atoms with Crippen LogP contribution in [0.15, 0.2) is 0 Å². The van der Waals surface area contributed by atoms with Crippen molar-refractivity contribution < 1.29 is 0 Å². The first kappa shape index (κ1) is 14.0. The van der Waals surface area contributed by atoms with Crippen LogP contribution in [-0.2, 0) is 0 Å². The van der Waals surface area contributed by atoms with Crippen LogP contribution in [0, 0.1) is 0 Å². The zero-order valence-electron chi connectivity index (χ0n) is 11.5.